The lowest BCUT2D eigenvalue weighted by atomic mass is 9.76. The number of nitrogens with zero attached hydrogens (tertiary/aromatic N) is 1. The van der Waals surface area contributed by atoms with Gasteiger partial charge in [0.1, 0.15) is 0 Å². The Labute approximate surface area is 73.0 Å². The van der Waals surface area contributed by atoms with Crippen molar-refractivity contribution in [1.29, 1.82) is 5.26 Å². The van der Waals surface area contributed by atoms with Crippen LogP contribution in [-0.4, -0.2) is 24.4 Å². The van der Waals surface area contributed by atoms with E-state index in [1.165, 1.54) is 0 Å². The zero-order valence-corrected chi connectivity index (χ0v) is 7.42. The summed E-state index contributed by atoms with van der Waals surface area (Å²) in [6, 6.07) is 2.24. The van der Waals surface area contributed by atoms with Crippen LogP contribution >= 0.6 is 0 Å². The van der Waals surface area contributed by atoms with Crippen LogP contribution in [-0.2, 0) is 4.74 Å². The smallest absolute Gasteiger partial charge is 0.0875 e. The lowest BCUT2D eigenvalue weighted by Crippen LogP contribution is -2.38. The normalized spacial score (nSPS) is 24.4. The van der Waals surface area contributed by atoms with E-state index in [0.29, 0.717) is 32.5 Å². The van der Waals surface area contributed by atoms with Gasteiger partial charge in [0.2, 0.25) is 0 Å². The topological polar surface area (TPSA) is 53.2 Å². The molecule has 0 radical (unpaired) electrons. The SMILES string of the molecule is CCC(O)C1(C#N)CCOCC1. The Bertz CT molecular complexity index is 179. The largest absolute Gasteiger partial charge is 0.391 e. The number of aliphatic hydroxyl groups is 1. The number of aliphatic hydroxyl groups excluding tert-OH is 1. The second kappa shape index (κ2) is 3.88. The fourth-order valence-electron chi connectivity index (χ4n) is 1.65. The van der Waals surface area contributed by atoms with Gasteiger partial charge in [0, 0.05) is 13.2 Å². The minimum Gasteiger partial charge on any atom is -0.391 e. The highest BCUT2D eigenvalue weighted by Crippen LogP contribution is 2.34. The molecule has 1 saturated heterocycles. The van der Waals surface area contributed by atoms with Crippen molar-refractivity contribution in [2.45, 2.75) is 32.3 Å². The van der Waals surface area contributed by atoms with Gasteiger partial charge >= 0.3 is 0 Å². The lowest BCUT2D eigenvalue weighted by Gasteiger charge is -2.34. The molecule has 0 aliphatic carbocycles. The lowest BCUT2D eigenvalue weighted by molar-refractivity contribution is -0.0306. The summed E-state index contributed by atoms with van der Waals surface area (Å²) in [5.41, 5.74) is -0.535. The first kappa shape index (κ1) is 9.50. The first-order valence-electron chi connectivity index (χ1n) is 4.42. The van der Waals surface area contributed by atoms with Gasteiger partial charge in [-0.05, 0) is 19.3 Å². The van der Waals surface area contributed by atoms with Crippen LogP contribution in [0.1, 0.15) is 26.2 Å². The Morgan fingerprint density at radius 3 is 2.58 bits per heavy atom. The van der Waals surface area contributed by atoms with Gasteiger partial charge in [-0.25, -0.2) is 0 Å². The van der Waals surface area contributed by atoms with Gasteiger partial charge in [0.05, 0.1) is 17.6 Å². The molecule has 1 aliphatic rings. The van der Waals surface area contributed by atoms with Gasteiger partial charge in [-0.15, -0.1) is 0 Å². The van der Waals surface area contributed by atoms with Gasteiger partial charge in [0.15, 0.2) is 0 Å². The Morgan fingerprint density at radius 1 is 1.58 bits per heavy atom. The van der Waals surface area contributed by atoms with E-state index in [-0.39, 0.29) is 0 Å². The van der Waals surface area contributed by atoms with Gasteiger partial charge in [0.25, 0.3) is 0 Å². The number of rotatable bonds is 2. The summed E-state index contributed by atoms with van der Waals surface area (Å²) < 4.78 is 5.16. The number of nitriles is 1. The highest BCUT2D eigenvalue weighted by molar-refractivity contribution is 5.04. The van der Waals surface area contributed by atoms with E-state index >= 15 is 0 Å². The third-order valence-electron chi connectivity index (χ3n) is 2.63. The number of ether oxygens (including phenoxy) is 1. The Kier molecular flexibility index (Phi) is 3.07. The molecule has 12 heavy (non-hydrogen) atoms. The van der Waals surface area contributed by atoms with Gasteiger partial charge in [-0.2, -0.15) is 5.26 Å². The van der Waals surface area contributed by atoms with Crippen LogP contribution in [0.3, 0.4) is 0 Å². The van der Waals surface area contributed by atoms with Crippen molar-refractivity contribution in [2.24, 2.45) is 5.41 Å². The van der Waals surface area contributed by atoms with E-state index in [0.717, 1.165) is 0 Å². The molecule has 1 fully saturated rings. The van der Waals surface area contributed by atoms with Crippen molar-refractivity contribution in [3.63, 3.8) is 0 Å². The third-order valence-corrected chi connectivity index (χ3v) is 2.63. The molecular weight excluding hydrogens is 154 g/mol. The van der Waals surface area contributed by atoms with Gasteiger partial charge in [-0.3, -0.25) is 0 Å². The molecule has 3 nitrogen and oxygen atoms in total. The molecule has 0 saturated carbocycles. The molecule has 1 heterocycles. The summed E-state index contributed by atoms with van der Waals surface area (Å²) in [7, 11) is 0. The minimum absolute atomic E-state index is 0.494. The maximum absolute atomic E-state index is 9.66. The second-order valence-electron chi connectivity index (χ2n) is 3.30. The van der Waals surface area contributed by atoms with Crippen LogP contribution in [0, 0.1) is 16.7 Å². The van der Waals surface area contributed by atoms with E-state index in [1.807, 2.05) is 6.92 Å². The first-order valence-corrected chi connectivity index (χ1v) is 4.42. The van der Waals surface area contributed by atoms with E-state index < -0.39 is 11.5 Å². The van der Waals surface area contributed by atoms with Crippen molar-refractivity contribution in [3.05, 3.63) is 0 Å². The van der Waals surface area contributed by atoms with Crippen LogP contribution in [0.15, 0.2) is 0 Å². The average Bonchev–Trinajstić information content (AvgIpc) is 2.17. The summed E-state index contributed by atoms with van der Waals surface area (Å²) in [4.78, 5) is 0. The first-order chi connectivity index (χ1) is 5.75. The fraction of sp³-hybridized carbons (Fsp3) is 0.889. The number of hydrogen-bond donors (Lipinski definition) is 1. The molecule has 0 aromatic carbocycles. The summed E-state index contributed by atoms with van der Waals surface area (Å²) >= 11 is 0. The summed E-state index contributed by atoms with van der Waals surface area (Å²) in [6.07, 6.45) is 1.48. The predicted octanol–water partition coefficient (Wildman–Crippen LogP) is 1.08. The standard InChI is InChI=1S/C9H15NO2/c1-2-8(11)9(7-10)3-5-12-6-4-9/h8,11H,2-6H2,1H3. The maximum atomic E-state index is 9.66. The Hall–Kier alpha value is -0.590. The molecule has 0 bridgehead atoms. The monoisotopic (exact) mass is 169 g/mol. The van der Waals surface area contributed by atoms with E-state index in [4.69, 9.17) is 10.00 Å². The Balaban J connectivity index is 2.67. The molecule has 1 atom stereocenters. The minimum atomic E-state index is -0.535. The third kappa shape index (κ3) is 1.60. The summed E-state index contributed by atoms with van der Waals surface area (Å²) in [5, 5.41) is 18.6. The van der Waals surface area contributed by atoms with Crippen molar-refractivity contribution in [1.82, 2.24) is 0 Å². The molecule has 0 aromatic rings. The second-order valence-corrected chi connectivity index (χ2v) is 3.30. The van der Waals surface area contributed by atoms with Gasteiger partial charge < -0.3 is 9.84 Å². The highest BCUT2D eigenvalue weighted by atomic mass is 16.5. The van der Waals surface area contributed by atoms with Crippen LogP contribution in [0.25, 0.3) is 0 Å². The van der Waals surface area contributed by atoms with Crippen LogP contribution < -0.4 is 0 Å². The Morgan fingerprint density at radius 2 is 2.17 bits per heavy atom. The molecular formula is C9H15NO2. The molecule has 0 aromatic heterocycles. The summed E-state index contributed by atoms with van der Waals surface area (Å²) in [5.74, 6) is 0. The van der Waals surface area contributed by atoms with Crippen LogP contribution in [0.2, 0.25) is 0 Å². The van der Waals surface area contributed by atoms with E-state index in [2.05, 4.69) is 6.07 Å². The zero-order valence-electron chi connectivity index (χ0n) is 7.42. The molecule has 1 unspecified atom stereocenters. The molecule has 1 rings (SSSR count). The van der Waals surface area contributed by atoms with Gasteiger partial charge in [-0.1, -0.05) is 6.92 Å². The molecule has 68 valence electrons. The van der Waals surface area contributed by atoms with Crippen molar-refractivity contribution >= 4 is 0 Å². The molecule has 0 spiro atoms. The average molecular weight is 169 g/mol. The number of hydrogen-bond acceptors (Lipinski definition) is 3. The highest BCUT2D eigenvalue weighted by Gasteiger charge is 2.38. The molecule has 1 N–H and O–H groups in total. The van der Waals surface area contributed by atoms with Crippen molar-refractivity contribution < 1.29 is 9.84 Å². The molecule has 1 aliphatic heterocycles. The zero-order chi connectivity index (χ0) is 9.03. The van der Waals surface area contributed by atoms with Crippen LogP contribution in [0.4, 0.5) is 0 Å². The van der Waals surface area contributed by atoms with E-state index in [9.17, 15) is 5.11 Å². The molecule has 0 amide bonds. The molecule has 3 heteroatoms. The quantitative estimate of drug-likeness (QED) is 0.673. The maximum Gasteiger partial charge on any atom is 0.0875 e. The fourth-order valence-corrected chi connectivity index (χ4v) is 1.65. The van der Waals surface area contributed by atoms with Crippen molar-refractivity contribution in [3.8, 4) is 6.07 Å². The van der Waals surface area contributed by atoms with Crippen LogP contribution in [0.5, 0.6) is 0 Å². The summed E-state index contributed by atoms with van der Waals surface area (Å²) in [6.45, 7) is 3.11. The van der Waals surface area contributed by atoms with Crippen molar-refractivity contribution in [2.75, 3.05) is 13.2 Å². The van der Waals surface area contributed by atoms with E-state index in [1.54, 1.807) is 0 Å². The predicted molar refractivity (Wildman–Crippen MR) is 44.4 cm³/mol.